The number of nitrogens with two attached hydrogens (primary N) is 1. The highest BCUT2D eigenvalue weighted by Crippen LogP contribution is 2.43. The van der Waals surface area contributed by atoms with Crippen molar-refractivity contribution in [2.24, 2.45) is 5.73 Å². The van der Waals surface area contributed by atoms with E-state index in [4.69, 9.17) is 15.2 Å². The quantitative estimate of drug-likeness (QED) is 0.906. The van der Waals surface area contributed by atoms with Gasteiger partial charge in [0.05, 0.1) is 6.61 Å². The van der Waals surface area contributed by atoms with Crippen LogP contribution in [0.4, 0.5) is 0 Å². The predicted octanol–water partition coefficient (Wildman–Crippen LogP) is 2.62. The molecule has 2 fully saturated rings. The summed E-state index contributed by atoms with van der Waals surface area (Å²) in [5, 5.41) is 0. The largest absolute Gasteiger partial charge is 0.488 e. The fourth-order valence-corrected chi connectivity index (χ4v) is 3.10. The zero-order chi connectivity index (χ0) is 13.1. The fourth-order valence-electron chi connectivity index (χ4n) is 3.10. The Labute approximate surface area is 115 Å². The van der Waals surface area contributed by atoms with Gasteiger partial charge in [0.15, 0.2) is 0 Å². The molecule has 1 saturated carbocycles. The molecule has 0 amide bonds. The van der Waals surface area contributed by atoms with E-state index in [-0.39, 0.29) is 11.5 Å². The van der Waals surface area contributed by atoms with Gasteiger partial charge in [-0.05, 0) is 43.4 Å². The Morgan fingerprint density at radius 2 is 2.00 bits per heavy atom. The summed E-state index contributed by atoms with van der Waals surface area (Å²) in [6.45, 7) is 2.34. The lowest BCUT2D eigenvalue weighted by atomic mass is 9.64. The van der Waals surface area contributed by atoms with Crippen LogP contribution in [0.15, 0.2) is 24.3 Å². The smallest absolute Gasteiger partial charge is 0.122 e. The van der Waals surface area contributed by atoms with E-state index in [0.717, 1.165) is 31.7 Å². The normalized spacial score (nSPS) is 25.6. The first-order valence-corrected chi connectivity index (χ1v) is 7.37. The van der Waals surface area contributed by atoms with Crippen molar-refractivity contribution in [2.45, 2.75) is 43.6 Å². The highest BCUT2D eigenvalue weighted by atomic mass is 16.5. The van der Waals surface area contributed by atoms with Crippen molar-refractivity contribution in [1.29, 1.82) is 0 Å². The molecule has 3 rings (SSSR count). The molecule has 0 aromatic heterocycles. The molecule has 19 heavy (non-hydrogen) atoms. The van der Waals surface area contributed by atoms with Crippen molar-refractivity contribution in [3.63, 3.8) is 0 Å². The SMILES string of the molecule is NCC1(c2ccc(OC3CCCOC3)cc2)CCC1. The molecular formula is C16H23NO2. The molecule has 0 bridgehead atoms. The second-order valence-electron chi connectivity index (χ2n) is 5.82. The van der Waals surface area contributed by atoms with Gasteiger partial charge in [0.25, 0.3) is 0 Å². The lowest BCUT2D eigenvalue weighted by Gasteiger charge is -2.41. The summed E-state index contributed by atoms with van der Waals surface area (Å²) in [6, 6.07) is 8.54. The van der Waals surface area contributed by atoms with Crippen molar-refractivity contribution < 1.29 is 9.47 Å². The lowest BCUT2D eigenvalue weighted by molar-refractivity contribution is 0.00741. The van der Waals surface area contributed by atoms with Crippen molar-refractivity contribution in [3.05, 3.63) is 29.8 Å². The second kappa shape index (κ2) is 5.51. The Bertz CT molecular complexity index is 400. The standard InChI is InChI=1S/C16H23NO2/c17-12-16(8-2-9-16)13-4-6-14(7-5-13)19-15-3-1-10-18-11-15/h4-7,15H,1-3,8-12,17H2. The molecule has 1 aliphatic carbocycles. The summed E-state index contributed by atoms with van der Waals surface area (Å²) in [5.41, 5.74) is 7.55. The number of ether oxygens (including phenoxy) is 2. The summed E-state index contributed by atoms with van der Waals surface area (Å²) < 4.78 is 11.4. The zero-order valence-corrected chi connectivity index (χ0v) is 11.4. The highest BCUT2D eigenvalue weighted by Gasteiger charge is 2.37. The van der Waals surface area contributed by atoms with Crippen molar-refractivity contribution in [2.75, 3.05) is 19.8 Å². The molecule has 1 aliphatic heterocycles. The van der Waals surface area contributed by atoms with Crippen LogP contribution in [0.1, 0.15) is 37.7 Å². The molecule has 1 aromatic carbocycles. The zero-order valence-electron chi connectivity index (χ0n) is 11.4. The first-order chi connectivity index (χ1) is 9.32. The van der Waals surface area contributed by atoms with E-state index < -0.39 is 0 Å². The van der Waals surface area contributed by atoms with Gasteiger partial charge in [0, 0.05) is 18.6 Å². The Hall–Kier alpha value is -1.06. The molecule has 3 heteroatoms. The van der Waals surface area contributed by atoms with E-state index in [1.807, 2.05) is 0 Å². The van der Waals surface area contributed by atoms with E-state index in [9.17, 15) is 0 Å². The third-order valence-corrected chi connectivity index (χ3v) is 4.59. The van der Waals surface area contributed by atoms with Gasteiger partial charge in [-0.1, -0.05) is 18.6 Å². The third kappa shape index (κ3) is 2.63. The third-order valence-electron chi connectivity index (χ3n) is 4.59. The molecule has 1 heterocycles. The van der Waals surface area contributed by atoms with Gasteiger partial charge in [-0.3, -0.25) is 0 Å². The van der Waals surface area contributed by atoms with Crippen LogP contribution in [0.5, 0.6) is 5.75 Å². The van der Waals surface area contributed by atoms with Gasteiger partial charge in [0.2, 0.25) is 0 Å². The van der Waals surface area contributed by atoms with Crippen LogP contribution in [-0.2, 0) is 10.2 Å². The summed E-state index contributed by atoms with van der Waals surface area (Å²) in [7, 11) is 0. The monoisotopic (exact) mass is 261 g/mol. The van der Waals surface area contributed by atoms with E-state index in [1.54, 1.807) is 0 Å². The molecule has 1 atom stereocenters. The minimum atomic E-state index is 0.215. The number of benzene rings is 1. The van der Waals surface area contributed by atoms with Gasteiger partial charge in [-0.15, -0.1) is 0 Å². The van der Waals surface area contributed by atoms with Crippen molar-refractivity contribution in [3.8, 4) is 5.75 Å². The molecule has 2 N–H and O–H groups in total. The Morgan fingerprint density at radius 1 is 1.21 bits per heavy atom. The van der Waals surface area contributed by atoms with Crippen LogP contribution in [-0.4, -0.2) is 25.9 Å². The number of rotatable bonds is 4. The highest BCUT2D eigenvalue weighted by molar-refractivity contribution is 5.34. The van der Waals surface area contributed by atoms with Crippen LogP contribution in [0.2, 0.25) is 0 Å². The van der Waals surface area contributed by atoms with Crippen LogP contribution in [0.25, 0.3) is 0 Å². The Morgan fingerprint density at radius 3 is 2.53 bits per heavy atom. The van der Waals surface area contributed by atoms with Crippen molar-refractivity contribution in [1.82, 2.24) is 0 Å². The molecule has 3 nitrogen and oxygen atoms in total. The molecule has 104 valence electrons. The van der Waals surface area contributed by atoms with Crippen LogP contribution in [0.3, 0.4) is 0 Å². The van der Waals surface area contributed by atoms with E-state index in [1.165, 1.54) is 24.8 Å². The minimum Gasteiger partial charge on any atom is -0.488 e. The summed E-state index contributed by atoms with van der Waals surface area (Å²) in [5.74, 6) is 0.950. The second-order valence-corrected chi connectivity index (χ2v) is 5.82. The van der Waals surface area contributed by atoms with E-state index in [2.05, 4.69) is 24.3 Å². The molecule has 1 unspecified atom stereocenters. The topological polar surface area (TPSA) is 44.5 Å². The average molecular weight is 261 g/mol. The maximum atomic E-state index is 5.95. The fraction of sp³-hybridized carbons (Fsp3) is 0.625. The van der Waals surface area contributed by atoms with Crippen LogP contribution in [0, 0.1) is 0 Å². The maximum Gasteiger partial charge on any atom is 0.122 e. The van der Waals surface area contributed by atoms with Crippen LogP contribution < -0.4 is 10.5 Å². The van der Waals surface area contributed by atoms with Gasteiger partial charge >= 0.3 is 0 Å². The predicted molar refractivity (Wildman–Crippen MR) is 75.5 cm³/mol. The van der Waals surface area contributed by atoms with Gasteiger partial charge < -0.3 is 15.2 Å². The van der Waals surface area contributed by atoms with Gasteiger partial charge in [-0.25, -0.2) is 0 Å². The molecule has 1 aromatic rings. The number of hydrogen-bond acceptors (Lipinski definition) is 3. The number of hydrogen-bond donors (Lipinski definition) is 1. The summed E-state index contributed by atoms with van der Waals surface area (Å²) >= 11 is 0. The maximum absolute atomic E-state index is 5.95. The first-order valence-electron chi connectivity index (χ1n) is 7.37. The minimum absolute atomic E-state index is 0.215. The summed E-state index contributed by atoms with van der Waals surface area (Å²) in [4.78, 5) is 0. The Balaban J connectivity index is 1.65. The van der Waals surface area contributed by atoms with E-state index >= 15 is 0 Å². The molecule has 1 saturated heterocycles. The lowest BCUT2D eigenvalue weighted by Crippen LogP contribution is -2.41. The molecular weight excluding hydrogens is 238 g/mol. The Kier molecular flexibility index (Phi) is 3.76. The average Bonchev–Trinajstić information content (AvgIpc) is 2.41. The van der Waals surface area contributed by atoms with Crippen LogP contribution >= 0.6 is 0 Å². The van der Waals surface area contributed by atoms with Crippen molar-refractivity contribution >= 4 is 0 Å². The van der Waals surface area contributed by atoms with Gasteiger partial charge in [0.1, 0.15) is 11.9 Å². The van der Waals surface area contributed by atoms with E-state index in [0.29, 0.717) is 6.61 Å². The molecule has 2 aliphatic rings. The molecule has 0 radical (unpaired) electrons. The first kappa shape index (κ1) is 12.9. The summed E-state index contributed by atoms with van der Waals surface area (Å²) in [6.07, 6.45) is 6.15. The van der Waals surface area contributed by atoms with Gasteiger partial charge in [-0.2, -0.15) is 0 Å². The molecule has 0 spiro atoms.